The zero-order valence-corrected chi connectivity index (χ0v) is 10.9. The largest absolute Gasteiger partial charge is 0.379 e. The maximum atomic E-state index is 11.9. The minimum absolute atomic E-state index is 0.149. The van der Waals surface area contributed by atoms with Crippen LogP contribution in [0.15, 0.2) is 10.6 Å². The first-order valence-corrected chi connectivity index (χ1v) is 6.88. The molecular formula is C13H19N3O3. The van der Waals surface area contributed by atoms with Crippen LogP contribution in [-0.2, 0) is 4.74 Å². The van der Waals surface area contributed by atoms with Crippen LogP contribution in [0.3, 0.4) is 0 Å². The molecule has 1 saturated heterocycles. The van der Waals surface area contributed by atoms with Gasteiger partial charge >= 0.3 is 0 Å². The first-order chi connectivity index (χ1) is 9.33. The Kier molecular flexibility index (Phi) is 3.79. The molecule has 1 N–H and O–H groups in total. The number of rotatable bonds is 5. The normalized spacial score (nSPS) is 20.4. The van der Waals surface area contributed by atoms with Gasteiger partial charge < -0.3 is 14.6 Å². The lowest BCUT2D eigenvalue weighted by atomic mass is 10.3. The first-order valence-electron chi connectivity index (χ1n) is 6.88. The van der Waals surface area contributed by atoms with Gasteiger partial charge in [-0.05, 0) is 12.8 Å². The summed E-state index contributed by atoms with van der Waals surface area (Å²) in [5.41, 5.74) is 0.392. The molecule has 6 nitrogen and oxygen atoms in total. The molecule has 1 aliphatic heterocycles. The molecule has 104 valence electrons. The molecule has 1 aromatic heterocycles. The average Bonchev–Trinajstić information content (AvgIpc) is 3.17. The molecule has 1 aliphatic carbocycles. The van der Waals surface area contributed by atoms with Gasteiger partial charge in [0, 0.05) is 38.2 Å². The zero-order valence-electron chi connectivity index (χ0n) is 10.9. The fraction of sp³-hybridized carbons (Fsp3) is 0.692. The van der Waals surface area contributed by atoms with E-state index in [1.54, 1.807) is 6.07 Å². The minimum Gasteiger partial charge on any atom is -0.379 e. The van der Waals surface area contributed by atoms with Crippen molar-refractivity contribution in [1.29, 1.82) is 0 Å². The summed E-state index contributed by atoms with van der Waals surface area (Å²) in [5.74, 6) is 1.18. The van der Waals surface area contributed by atoms with Crippen molar-refractivity contribution in [3.63, 3.8) is 0 Å². The van der Waals surface area contributed by atoms with Crippen LogP contribution >= 0.6 is 0 Å². The van der Waals surface area contributed by atoms with Gasteiger partial charge in [0.2, 0.25) is 0 Å². The number of carbonyl (C=O) groups excluding carboxylic acids is 1. The second kappa shape index (κ2) is 5.71. The van der Waals surface area contributed by atoms with Gasteiger partial charge in [-0.15, -0.1) is 0 Å². The van der Waals surface area contributed by atoms with E-state index >= 15 is 0 Å². The van der Waals surface area contributed by atoms with Crippen LogP contribution < -0.4 is 5.32 Å². The lowest BCUT2D eigenvalue weighted by Crippen LogP contribution is -2.41. The molecule has 6 heteroatoms. The Morgan fingerprint density at radius 1 is 1.42 bits per heavy atom. The predicted octanol–water partition coefficient (Wildman–Crippen LogP) is 0.614. The lowest BCUT2D eigenvalue weighted by Gasteiger charge is -2.26. The third-order valence-electron chi connectivity index (χ3n) is 3.56. The standard InChI is InChI=1S/C13H19N3O3/c17-13(11-9-12(19-15-11)10-1-2-10)14-3-4-16-5-7-18-8-6-16/h9-10H,1-8H2,(H,14,17). The van der Waals surface area contributed by atoms with Crippen molar-refractivity contribution in [2.24, 2.45) is 0 Å². The molecule has 1 amide bonds. The molecule has 1 saturated carbocycles. The minimum atomic E-state index is -0.149. The van der Waals surface area contributed by atoms with E-state index < -0.39 is 0 Å². The van der Waals surface area contributed by atoms with Crippen molar-refractivity contribution in [3.8, 4) is 0 Å². The van der Waals surface area contributed by atoms with Gasteiger partial charge in [-0.3, -0.25) is 9.69 Å². The molecule has 0 atom stereocenters. The lowest BCUT2D eigenvalue weighted by molar-refractivity contribution is 0.0383. The second-order valence-corrected chi connectivity index (χ2v) is 5.10. The van der Waals surface area contributed by atoms with Crippen molar-refractivity contribution in [3.05, 3.63) is 17.5 Å². The highest BCUT2D eigenvalue weighted by Crippen LogP contribution is 2.40. The van der Waals surface area contributed by atoms with Crippen molar-refractivity contribution in [2.75, 3.05) is 39.4 Å². The Morgan fingerprint density at radius 3 is 2.95 bits per heavy atom. The highest BCUT2D eigenvalue weighted by molar-refractivity contribution is 5.92. The summed E-state index contributed by atoms with van der Waals surface area (Å²) >= 11 is 0. The molecular weight excluding hydrogens is 246 g/mol. The van der Waals surface area contributed by atoms with Crippen molar-refractivity contribution in [2.45, 2.75) is 18.8 Å². The number of nitrogens with zero attached hydrogens (tertiary/aromatic N) is 2. The highest BCUT2D eigenvalue weighted by Gasteiger charge is 2.28. The topological polar surface area (TPSA) is 67.6 Å². The van der Waals surface area contributed by atoms with Crippen LogP contribution in [0.1, 0.15) is 35.0 Å². The van der Waals surface area contributed by atoms with Gasteiger partial charge in [-0.1, -0.05) is 5.16 Å². The van der Waals surface area contributed by atoms with Crippen LogP contribution in [0.5, 0.6) is 0 Å². The molecule has 2 heterocycles. The molecule has 19 heavy (non-hydrogen) atoms. The Balaban J connectivity index is 1.42. The van der Waals surface area contributed by atoms with Gasteiger partial charge in [0.15, 0.2) is 5.69 Å². The Hall–Kier alpha value is -1.40. The Bertz CT molecular complexity index is 436. The number of amides is 1. The highest BCUT2D eigenvalue weighted by atomic mass is 16.5. The molecule has 1 aromatic rings. The maximum Gasteiger partial charge on any atom is 0.273 e. The van der Waals surface area contributed by atoms with Crippen molar-refractivity contribution in [1.82, 2.24) is 15.4 Å². The van der Waals surface area contributed by atoms with E-state index in [9.17, 15) is 4.79 Å². The van der Waals surface area contributed by atoms with Crippen molar-refractivity contribution < 1.29 is 14.1 Å². The van der Waals surface area contributed by atoms with E-state index in [0.29, 0.717) is 18.2 Å². The van der Waals surface area contributed by atoms with Crippen LogP contribution in [0.2, 0.25) is 0 Å². The third kappa shape index (κ3) is 3.33. The van der Waals surface area contributed by atoms with Gasteiger partial charge in [-0.2, -0.15) is 0 Å². The summed E-state index contributed by atoms with van der Waals surface area (Å²) in [6.07, 6.45) is 2.29. The summed E-state index contributed by atoms with van der Waals surface area (Å²) in [5, 5.41) is 6.70. The number of morpholine rings is 1. The first kappa shape index (κ1) is 12.6. The monoisotopic (exact) mass is 265 g/mol. The van der Waals surface area contributed by atoms with Gasteiger partial charge in [0.05, 0.1) is 13.2 Å². The Labute approximate surface area is 112 Å². The quantitative estimate of drug-likeness (QED) is 0.845. The molecule has 0 radical (unpaired) electrons. The van der Waals surface area contributed by atoms with E-state index in [1.807, 2.05) is 0 Å². The van der Waals surface area contributed by atoms with Crippen LogP contribution in [-0.4, -0.2) is 55.4 Å². The summed E-state index contributed by atoms with van der Waals surface area (Å²) in [6, 6.07) is 1.77. The summed E-state index contributed by atoms with van der Waals surface area (Å²) in [4.78, 5) is 14.1. The number of hydrogen-bond donors (Lipinski definition) is 1. The third-order valence-corrected chi connectivity index (χ3v) is 3.56. The number of carbonyl (C=O) groups is 1. The molecule has 2 fully saturated rings. The fourth-order valence-electron chi connectivity index (χ4n) is 2.20. The van der Waals surface area contributed by atoms with E-state index in [2.05, 4.69) is 15.4 Å². The van der Waals surface area contributed by atoms with E-state index in [1.165, 1.54) is 0 Å². The van der Waals surface area contributed by atoms with Crippen molar-refractivity contribution >= 4 is 5.91 Å². The number of aromatic nitrogens is 1. The predicted molar refractivity (Wildman–Crippen MR) is 68.1 cm³/mol. The van der Waals surface area contributed by atoms with Crippen LogP contribution in [0.4, 0.5) is 0 Å². The fourth-order valence-corrected chi connectivity index (χ4v) is 2.20. The van der Waals surface area contributed by atoms with Crippen LogP contribution in [0, 0.1) is 0 Å². The Morgan fingerprint density at radius 2 is 2.21 bits per heavy atom. The molecule has 0 bridgehead atoms. The average molecular weight is 265 g/mol. The van der Waals surface area contributed by atoms with Gasteiger partial charge in [0.25, 0.3) is 5.91 Å². The van der Waals surface area contributed by atoms with E-state index in [0.717, 1.165) is 51.4 Å². The summed E-state index contributed by atoms with van der Waals surface area (Å²) < 4.78 is 10.4. The molecule has 0 unspecified atom stereocenters. The number of ether oxygens (including phenoxy) is 1. The summed E-state index contributed by atoms with van der Waals surface area (Å²) in [7, 11) is 0. The zero-order chi connectivity index (χ0) is 13.1. The maximum absolute atomic E-state index is 11.9. The van der Waals surface area contributed by atoms with E-state index in [4.69, 9.17) is 9.26 Å². The molecule has 0 spiro atoms. The SMILES string of the molecule is O=C(NCCN1CCOCC1)c1cc(C2CC2)on1. The number of hydrogen-bond acceptors (Lipinski definition) is 5. The summed E-state index contributed by atoms with van der Waals surface area (Å²) in [6.45, 7) is 4.91. The van der Waals surface area contributed by atoms with Gasteiger partial charge in [0.1, 0.15) is 5.76 Å². The molecule has 3 rings (SSSR count). The van der Waals surface area contributed by atoms with Gasteiger partial charge in [-0.25, -0.2) is 0 Å². The smallest absolute Gasteiger partial charge is 0.273 e. The van der Waals surface area contributed by atoms with Crippen LogP contribution in [0.25, 0.3) is 0 Å². The molecule has 2 aliphatic rings. The molecule has 0 aromatic carbocycles. The number of nitrogens with one attached hydrogen (secondary N) is 1. The second-order valence-electron chi connectivity index (χ2n) is 5.10. The van der Waals surface area contributed by atoms with E-state index in [-0.39, 0.29) is 5.91 Å².